The van der Waals surface area contributed by atoms with Gasteiger partial charge in [0.15, 0.2) is 5.78 Å². The highest BCUT2D eigenvalue weighted by Gasteiger charge is 2.34. The topological polar surface area (TPSA) is 63.2 Å². The SMILES string of the molecule is CC(=O)CC1C(=O)NC(C)=C1C(C)=O. The maximum absolute atomic E-state index is 11.4. The van der Waals surface area contributed by atoms with E-state index in [1.807, 2.05) is 0 Å². The Labute approximate surface area is 82.4 Å². The van der Waals surface area contributed by atoms with Gasteiger partial charge in [0.1, 0.15) is 5.78 Å². The fraction of sp³-hybridized carbons (Fsp3) is 0.500. The fourth-order valence-electron chi connectivity index (χ4n) is 1.72. The molecule has 4 heteroatoms. The Bertz CT molecular complexity index is 341. The third-order valence-electron chi connectivity index (χ3n) is 2.25. The third-order valence-corrected chi connectivity index (χ3v) is 2.25. The third kappa shape index (κ3) is 1.89. The molecule has 0 aliphatic carbocycles. The summed E-state index contributed by atoms with van der Waals surface area (Å²) in [7, 11) is 0. The summed E-state index contributed by atoms with van der Waals surface area (Å²) in [4.78, 5) is 33.5. The first kappa shape index (κ1) is 10.6. The average molecular weight is 195 g/mol. The zero-order valence-electron chi connectivity index (χ0n) is 8.51. The van der Waals surface area contributed by atoms with Gasteiger partial charge in [0.2, 0.25) is 5.91 Å². The molecule has 0 saturated carbocycles. The van der Waals surface area contributed by atoms with E-state index in [1.165, 1.54) is 13.8 Å². The Kier molecular flexibility index (Phi) is 2.84. The van der Waals surface area contributed by atoms with Crippen molar-refractivity contribution in [3.8, 4) is 0 Å². The molecule has 1 N–H and O–H groups in total. The van der Waals surface area contributed by atoms with Crippen LogP contribution in [0.4, 0.5) is 0 Å². The van der Waals surface area contributed by atoms with Crippen molar-refractivity contribution in [2.45, 2.75) is 27.2 Å². The van der Waals surface area contributed by atoms with Gasteiger partial charge in [0, 0.05) is 17.7 Å². The van der Waals surface area contributed by atoms with E-state index in [2.05, 4.69) is 5.32 Å². The van der Waals surface area contributed by atoms with Gasteiger partial charge in [-0.3, -0.25) is 14.4 Å². The van der Waals surface area contributed by atoms with E-state index in [1.54, 1.807) is 6.92 Å². The van der Waals surface area contributed by atoms with Crippen LogP contribution in [0, 0.1) is 5.92 Å². The molecule has 1 amide bonds. The molecule has 1 aliphatic rings. The van der Waals surface area contributed by atoms with Crippen molar-refractivity contribution in [3.05, 3.63) is 11.3 Å². The van der Waals surface area contributed by atoms with Crippen LogP contribution >= 0.6 is 0 Å². The first-order chi connectivity index (χ1) is 6.43. The summed E-state index contributed by atoms with van der Waals surface area (Å²) >= 11 is 0. The highest BCUT2D eigenvalue weighted by Crippen LogP contribution is 2.25. The lowest BCUT2D eigenvalue weighted by Gasteiger charge is -2.07. The zero-order valence-corrected chi connectivity index (χ0v) is 8.51. The van der Waals surface area contributed by atoms with E-state index in [0.717, 1.165) is 0 Å². The van der Waals surface area contributed by atoms with E-state index in [9.17, 15) is 14.4 Å². The summed E-state index contributed by atoms with van der Waals surface area (Å²) in [6.07, 6.45) is 0.109. The second-order valence-electron chi connectivity index (χ2n) is 3.54. The number of carbonyl (C=O) groups excluding carboxylic acids is 3. The van der Waals surface area contributed by atoms with Gasteiger partial charge in [-0.2, -0.15) is 0 Å². The molecule has 0 spiro atoms. The van der Waals surface area contributed by atoms with Crippen LogP contribution in [0.5, 0.6) is 0 Å². The van der Waals surface area contributed by atoms with Crippen molar-refractivity contribution in [3.63, 3.8) is 0 Å². The van der Waals surface area contributed by atoms with Gasteiger partial charge in [-0.25, -0.2) is 0 Å². The summed E-state index contributed by atoms with van der Waals surface area (Å²) in [5.74, 6) is -1.06. The monoisotopic (exact) mass is 195 g/mol. The molecule has 0 radical (unpaired) electrons. The van der Waals surface area contributed by atoms with Crippen LogP contribution in [-0.4, -0.2) is 17.5 Å². The Morgan fingerprint density at radius 3 is 2.36 bits per heavy atom. The number of nitrogens with one attached hydrogen (secondary N) is 1. The van der Waals surface area contributed by atoms with Crippen molar-refractivity contribution < 1.29 is 14.4 Å². The number of ketones is 2. The van der Waals surface area contributed by atoms with Crippen LogP contribution in [0.3, 0.4) is 0 Å². The summed E-state index contributed by atoms with van der Waals surface area (Å²) in [6.45, 7) is 4.50. The Balaban J connectivity index is 2.97. The molecule has 1 aliphatic heterocycles. The number of hydrogen-bond acceptors (Lipinski definition) is 3. The van der Waals surface area contributed by atoms with E-state index in [4.69, 9.17) is 0 Å². The molecule has 1 rings (SSSR count). The zero-order chi connectivity index (χ0) is 10.9. The van der Waals surface area contributed by atoms with E-state index >= 15 is 0 Å². The minimum Gasteiger partial charge on any atom is -0.329 e. The minimum atomic E-state index is -0.579. The normalized spacial score (nSPS) is 21.1. The Morgan fingerprint density at radius 2 is 1.93 bits per heavy atom. The molecule has 0 saturated heterocycles. The highest BCUT2D eigenvalue weighted by atomic mass is 16.2. The molecule has 0 bridgehead atoms. The lowest BCUT2D eigenvalue weighted by atomic mass is 9.92. The van der Waals surface area contributed by atoms with Gasteiger partial charge in [0.05, 0.1) is 5.92 Å². The standard InChI is InChI=1S/C10H13NO3/c1-5(12)4-8-9(7(3)13)6(2)11-10(8)14/h8H,4H2,1-3H3,(H,11,14). The van der Waals surface area contributed by atoms with E-state index in [0.29, 0.717) is 11.3 Å². The number of rotatable bonds is 3. The van der Waals surface area contributed by atoms with Crippen molar-refractivity contribution in [2.24, 2.45) is 5.92 Å². The first-order valence-corrected chi connectivity index (χ1v) is 4.45. The van der Waals surface area contributed by atoms with Gasteiger partial charge in [-0.15, -0.1) is 0 Å². The van der Waals surface area contributed by atoms with E-state index in [-0.39, 0.29) is 23.9 Å². The molecule has 1 heterocycles. The van der Waals surface area contributed by atoms with Crippen molar-refractivity contribution in [2.75, 3.05) is 0 Å². The van der Waals surface area contributed by atoms with Crippen LogP contribution in [0.2, 0.25) is 0 Å². The Hall–Kier alpha value is -1.45. The van der Waals surface area contributed by atoms with E-state index < -0.39 is 5.92 Å². The number of amides is 1. The fourth-order valence-corrected chi connectivity index (χ4v) is 1.72. The van der Waals surface area contributed by atoms with Crippen molar-refractivity contribution >= 4 is 17.5 Å². The van der Waals surface area contributed by atoms with Crippen LogP contribution < -0.4 is 5.32 Å². The van der Waals surface area contributed by atoms with Gasteiger partial charge >= 0.3 is 0 Å². The highest BCUT2D eigenvalue weighted by molar-refractivity contribution is 6.05. The summed E-state index contributed by atoms with van der Waals surface area (Å²) in [5.41, 5.74) is 1.03. The molecule has 0 aromatic carbocycles. The van der Waals surface area contributed by atoms with Crippen LogP contribution in [0.1, 0.15) is 27.2 Å². The second-order valence-corrected chi connectivity index (χ2v) is 3.54. The molecule has 1 atom stereocenters. The smallest absolute Gasteiger partial charge is 0.232 e. The second kappa shape index (κ2) is 3.74. The quantitative estimate of drug-likeness (QED) is 0.716. The molecule has 0 aromatic heterocycles. The first-order valence-electron chi connectivity index (χ1n) is 4.45. The summed E-state index contributed by atoms with van der Waals surface area (Å²) in [6, 6.07) is 0. The molecule has 76 valence electrons. The summed E-state index contributed by atoms with van der Waals surface area (Å²) in [5, 5.41) is 2.57. The largest absolute Gasteiger partial charge is 0.329 e. The van der Waals surface area contributed by atoms with Crippen LogP contribution in [0.25, 0.3) is 0 Å². The molecular weight excluding hydrogens is 182 g/mol. The number of allylic oxidation sites excluding steroid dienone is 1. The maximum atomic E-state index is 11.4. The predicted octanol–water partition coefficient (Wildman–Crippen LogP) is 0.575. The minimum absolute atomic E-state index is 0.0846. The van der Waals surface area contributed by atoms with Gasteiger partial charge in [0.25, 0.3) is 0 Å². The number of carbonyl (C=O) groups is 3. The average Bonchev–Trinajstić information content (AvgIpc) is 2.25. The molecule has 0 fully saturated rings. The van der Waals surface area contributed by atoms with Crippen molar-refractivity contribution in [1.82, 2.24) is 5.32 Å². The van der Waals surface area contributed by atoms with Crippen molar-refractivity contribution in [1.29, 1.82) is 0 Å². The van der Waals surface area contributed by atoms with Gasteiger partial charge < -0.3 is 5.32 Å². The molecule has 4 nitrogen and oxygen atoms in total. The van der Waals surface area contributed by atoms with Crippen LogP contribution in [0.15, 0.2) is 11.3 Å². The molecule has 14 heavy (non-hydrogen) atoms. The molecular formula is C10H13NO3. The lowest BCUT2D eigenvalue weighted by molar-refractivity contribution is -0.127. The Morgan fingerprint density at radius 1 is 1.36 bits per heavy atom. The number of Topliss-reactive ketones (excluding diaryl/α,β-unsaturated/α-hetero) is 2. The van der Waals surface area contributed by atoms with Crippen LogP contribution in [-0.2, 0) is 14.4 Å². The molecule has 0 aromatic rings. The molecule has 1 unspecified atom stereocenters. The van der Waals surface area contributed by atoms with Gasteiger partial charge in [-0.1, -0.05) is 0 Å². The maximum Gasteiger partial charge on any atom is 0.232 e. The predicted molar refractivity (Wildman–Crippen MR) is 50.3 cm³/mol. The van der Waals surface area contributed by atoms with Gasteiger partial charge in [-0.05, 0) is 20.8 Å². The number of hydrogen-bond donors (Lipinski definition) is 1. The lowest BCUT2D eigenvalue weighted by Crippen LogP contribution is -2.23. The summed E-state index contributed by atoms with van der Waals surface area (Å²) < 4.78 is 0.